The molecule has 0 fully saturated rings. The lowest BCUT2D eigenvalue weighted by Gasteiger charge is -2.26. The van der Waals surface area contributed by atoms with E-state index >= 15 is 0 Å². The Kier molecular flexibility index (Phi) is 5.83. The van der Waals surface area contributed by atoms with E-state index in [9.17, 15) is 14.4 Å². The number of aromatic nitrogens is 1. The monoisotopic (exact) mass is 525 g/mol. The van der Waals surface area contributed by atoms with Crippen LogP contribution in [0.2, 0.25) is 0 Å². The topological polar surface area (TPSA) is 113 Å². The molecule has 196 valence electrons. The van der Waals surface area contributed by atoms with E-state index in [1.165, 1.54) is 21.3 Å². The van der Waals surface area contributed by atoms with Crippen LogP contribution in [0.25, 0.3) is 17.0 Å². The number of Topliss-reactive ketones (excluding diaryl/α,β-unsaturated/α-hetero) is 1. The highest BCUT2D eigenvalue weighted by Crippen LogP contribution is 2.49. The highest BCUT2D eigenvalue weighted by molar-refractivity contribution is 6.15. The maximum absolute atomic E-state index is 13.4. The van der Waals surface area contributed by atoms with Gasteiger partial charge in [0.1, 0.15) is 11.5 Å². The first-order valence-electron chi connectivity index (χ1n) is 12.2. The normalized spacial score (nSPS) is 16.9. The van der Waals surface area contributed by atoms with E-state index in [1.807, 2.05) is 24.3 Å². The standard InChI is InChI=1S/C30H23NO8/c1-35-22-10-8-16(27(36-2)29(22)37-3)13-23-26(33)17-9-11-21-25(28(17)39-23)18(14-24(32)38-21)19-12-15-6-4-5-7-20(15)31-30(19)34/h4-13,18H,14H2,1-3H3,(H,31,34)/b23-13+/t18-/m1/s1. The Morgan fingerprint density at radius 1 is 0.897 bits per heavy atom. The van der Waals surface area contributed by atoms with Crippen LogP contribution in [0.1, 0.15) is 39.4 Å². The van der Waals surface area contributed by atoms with Crippen LogP contribution in [0.3, 0.4) is 0 Å². The van der Waals surface area contributed by atoms with Crippen LogP contribution in [0.15, 0.2) is 65.2 Å². The molecule has 1 atom stereocenters. The lowest BCUT2D eigenvalue weighted by atomic mass is 9.85. The first kappa shape index (κ1) is 24.3. The minimum atomic E-state index is -0.674. The molecule has 2 aliphatic heterocycles. The van der Waals surface area contributed by atoms with Crippen LogP contribution < -0.4 is 29.2 Å². The molecule has 0 aliphatic carbocycles. The number of para-hydroxylation sites is 1. The average Bonchev–Trinajstić information content (AvgIpc) is 3.26. The van der Waals surface area contributed by atoms with E-state index in [-0.39, 0.29) is 35.0 Å². The summed E-state index contributed by atoms with van der Waals surface area (Å²) in [6.45, 7) is 0. The van der Waals surface area contributed by atoms with E-state index in [1.54, 1.807) is 36.4 Å². The first-order chi connectivity index (χ1) is 18.9. The second-order valence-corrected chi connectivity index (χ2v) is 9.09. The number of fused-ring (bicyclic) bond motifs is 4. The number of esters is 1. The van der Waals surface area contributed by atoms with Gasteiger partial charge in [-0.05, 0) is 47.9 Å². The van der Waals surface area contributed by atoms with Crippen molar-refractivity contribution in [1.29, 1.82) is 0 Å². The predicted molar refractivity (Wildman–Crippen MR) is 142 cm³/mol. The molecule has 3 aromatic carbocycles. The van der Waals surface area contributed by atoms with Crippen molar-refractivity contribution in [2.45, 2.75) is 12.3 Å². The quantitative estimate of drug-likeness (QED) is 0.228. The fourth-order valence-electron chi connectivity index (χ4n) is 5.17. The Morgan fingerprint density at radius 3 is 2.46 bits per heavy atom. The molecule has 0 radical (unpaired) electrons. The molecule has 2 aliphatic rings. The van der Waals surface area contributed by atoms with Crippen molar-refractivity contribution in [3.05, 3.63) is 93.0 Å². The van der Waals surface area contributed by atoms with Gasteiger partial charge >= 0.3 is 5.97 Å². The number of allylic oxidation sites excluding steroid dienone is 1. The Hall–Kier alpha value is -5.05. The number of rotatable bonds is 5. The average molecular weight is 526 g/mol. The third-order valence-corrected chi connectivity index (χ3v) is 6.96. The van der Waals surface area contributed by atoms with Crippen molar-refractivity contribution in [1.82, 2.24) is 4.98 Å². The third kappa shape index (κ3) is 3.90. The van der Waals surface area contributed by atoms with Crippen LogP contribution in [-0.4, -0.2) is 38.1 Å². The summed E-state index contributed by atoms with van der Waals surface area (Å²) in [7, 11) is 4.50. The number of hydrogen-bond donors (Lipinski definition) is 1. The van der Waals surface area contributed by atoms with E-state index in [0.29, 0.717) is 45.0 Å². The predicted octanol–water partition coefficient (Wildman–Crippen LogP) is 4.61. The molecular formula is C30H23NO8. The van der Waals surface area contributed by atoms with Crippen molar-refractivity contribution < 1.29 is 33.3 Å². The number of methoxy groups -OCH3 is 3. The van der Waals surface area contributed by atoms with Gasteiger partial charge < -0.3 is 28.7 Å². The molecule has 1 aromatic heterocycles. The number of carbonyl (C=O) groups excluding carboxylic acids is 2. The second-order valence-electron chi connectivity index (χ2n) is 9.09. The highest BCUT2D eigenvalue weighted by atomic mass is 16.5. The molecule has 4 aromatic rings. The zero-order valence-electron chi connectivity index (χ0n) is 21.3. The first-order valence-corrected chi connectivity index (χ1v) is 12.2. The maximum atomic E-state index is 13.4. The number of hydrogen-bond acceptors (Lipinski definition) is 8. The van der Waals surface area contributed by atoms with Crippen LogP contribution in [0.4, 0.5) is 0 Å². The zero-order chi connectivity index (χ0) is 27.3. The smallest absolute Gasteiger partial charge is 0.312 e. The number of nitrogens with one attached hydrogen (secondary N) is 1. The number of benzene rings is 3. The molecule has 0 saturated heterocycles. The number of carbonyl (C=O) groups is 2. The van der Waals surface area contributed by atoms with Crippen molar-refractivity contribution in [2.75, 3.05) is 21.3 Å². The fourth-order valence-corrected chi connectivity index (χ4v) is 5.17. The molecular weight excluding hydrogens is 502 g/mol. The fraction of sp³-hybridized carbons (Fsp3) is 0.167. The lowest BCUT2D eigenvalue weighted by molar-refractivity contribution is -0.135. The molecule has 0 unspecified atom stereocenters. The summed E-state index contributed by atoms with van der Waals surface area (Å²) in [5.74, 6) is 0.263. The van der Waals surface area contributed by atoms with Crippen molar-refractivity contribution >= 4 is 28.7 Å². The van der Waals surface area contributed by atoms with Gasteiger partial charge in [0.15, 0.2) is 17.3 Å². The minimum absolute atomic E-state index is 0.0481. The summed E-state index contributed by atoms with van der Waals surface area (Å²) in [5.41, 5.74) is 2.06. The molecule has 1 N–H and O–H groups in total. The molecule has 9 nitrogen and oxygen atoms in total. The number of H-pyrrole nitrogens is 1. The molecule has 0 amide bonds. The van der Waals surface area contributed by atoms with Gasteiger partial charge in [-0.25, -0.2) is 0 Å². The number of ketones is 1. The summed E-state index contributed by atoms with van der Waals surface area (Å²) < 4.78 is 28.0. The summed E-state index contributed by atoms with van der Waals surface area (Å²) in [5, 5.41) is 0.818. The highest BCUT2D eigenvalue weighted by Gasteiger charge is 2.39. The van der Waals surface area contributed by atoms with Gasteiger partial charge in [0, 0.05) is 28.1 Å². The van der Waals surface area contributed by atoms with Crippen molar-refractivity contribution in [2.24, 2.45) is 0 Å². The zero-order valence-corrected chi connectivity index (χ0v) is 21.3. The second kappa shape index (κ2) is 9.36. The maximum Gasteiger partial charge on any atom is 0.312 e. The largest absolute Gasteiger partial charge is 0.493 e. The molecule has 0 bridgehead atoms. The molecule has 3 heterocycles. The van der Waals surface area contributed by atoms with Gasteiger partial charge in [-0.1, -0.05) is 18.2 Å². The van der Waals surface area contributed by atoms with Crippen molar-refractivity contribution in [3.63, 3.8) is 0 Å². The van der Waals surface area contributed by atoms with Crippen LogP contribution in [-0.2, 0) is 4.79 Å². The summed E-state index contributed by atoms with van der Waals surface area (Å²) in [6, 6.07) is 15.7. The molecule has 39 heavy (non-hydrogen) atoms. The molecule has 0 spiro atoms. The molecule has 9 heteroatoms. The van der Waals surface area contributed by atoms with Crippen LogP contribution in [0, 0.1) is 0 Å². The van der Waals surface area contributed by atoms with Gasteiger partial charge in [0.05, 0.1) is 33.3 Å². The Balaban J connectivity index is 1.48. The van der Waals surface area contributed by atoms with Gasteiger partial charge in [-0.3, -0.25) is 14.4 Å². The van der Waals surface area contributed by atoms with Gasteiger partial charge in [-0.15, -0.1) is 0 Å². The number of pyridine rings is 1. The van der Waals surface area contributed by atoms with E-state index in [4.69, 9.17) is 23.7 Å². The van der Waals surface area contributed by atoms with E-state index in [2.05, 4.69) is 4.98 Å². The van der Waals surface area contributed by atoms with Gasteiger partial charge in [-0.2, -0.15) is 0 Å². The van der Waals surface area contributed by atoms with E-state index in [0.717, 1.165) is 5.39 Å². The summed E-state index contributed by atoms with van der Waals surface area (Å²) in [4.78, 5) is 42.0. The Bertz CT molecular complexity index is 1770. The van der Waals surface area contributed by atoms with Gasteiger partial charge in [0.2, 0.25) is 11.5 Å². The SMILES string of the molecule is COc1ccc(/C=C2/Oc3c(ccc4c3[C@@H](c3cc5ccccc5[nH]c3=O)CC(=O)O4)C2=O)c(OC)c1OC. The summed E-state index contributed by atoms with van der Waals surface area (Å²) >= 11 is 0. The third-order valence-electron chi connectivity index (χ3n) is 6.96. The van der Waals surface area contributed by atoms with Crippen molar-refractivity contribution in [3.8, 4) is 28.7 Å². The lowest BCUT2D eigenvalue weighted by Crippen LogP contribution is -2.26. The van der Waals surface area contributed by atoms with Gasteiger partial charge in [0.25, 0.3) is 5.56 Å². The van der Waals surface area contributed by atoms with E-state index < -0.39 is 11.9 Å². The minimum Gasteiger partial charge on any atom is -0.493 e. The Morgan fingerprint density at radius 2 is 1.69 bits per heavy atom. The molecule has 6 rings (SSSR count). The Labute approximate surface area is 222 Å². The summed E-state index contributed by atoms with van der Waals surface area (Å²) in [6.07, 6.45) is 1.48. The molecule has 0 saturated carbocycles. The number of aromatic amines is 1. The van der Waals surface area contributed by atoms with Crippen LogP contribution in [0.5, 0.6) is 28.7 Å². The number of ether oxygens (including phenoxy) is 5. The van der Waals surface area contributed by atoms with Crippen LogP contribution >= 0.6 is 0 Å².